The summed E-state index contributed by atoms with van der Waals surface area (Å²) >= 11 is 0. The number of halogens is 3. The molecule has 0 N–H and O–H groups in total. The summed E-state index contributed by atoms with van der Waals surface area (Å²) in [4.78, 5) is 27.1. The molecular weight excluding hydrogens is 325 g/mol. The van der Waals surface area contributed by atoms with Crippen LogP contribution in [0.4, 0.5) is 18.0 Å². The van der Waals surface area contributed by atoms with Crippen LogP contribution in [0.15, 0.2) is 24.3 Å². The molecule has 3 amide bonds. The van der Waals surface area contributed by atoms with E-state index in [-0.39, 0.29) is 24.4 Å². The van der Waals surface area contributed by atoms with Gasteiger partial charge in [-0.25, -0.2) is 4.79 Å². The standard InChI is InChI=1S/C16H17F3N2O3/c17-16(18,19)24-13-4-2-1-3-12(13)10-21-14(22)7-8-20(15(21)23)9-11-5-6-11/h1-4,11H,5-10H2. The highest BCUT2D eigenvalue weighted by Gasteiger charge is 2.36. The minimum absolute atomic E-state index is 0.143. The zero-order valence-electron chi connectivity index (χ0n) is 12.9. The Bertz CT molecular complexity index is 644. The lowest BCUT2D eigenvalue weighted by Gasteiger charge is -2.34. The van der Waals surface area contributed by atoms with Crippen LogP contribution in [0, 0.1) is 5.92 Å². The second kappa shape index (κ2) is 6.33. The van der Waals surface area contributed by atoms with E-state index >= 15 is 0 Å². The first-order valence-corrected chi connectivity index (χ1v) is 7.76. The van der Waals surface area contributed by atoms with Gasteiger partial charge in [0.25, 0.3) is 0 Å². The number of hydrogen-bond donors (Lipinski definition) is 0. The van der Waals surface area contributed by atoms with Crippen molar-refractivity contribution in [3.63, 3.8) is 0 Å². The highest BCUT2D eigenvalue weighted by molar-refractivity contribution is 5.96. The van der Waals surface area contributed by atoms with Crippen LogP contribution in [-0.2, 0) is 11.3 Å². The molecular formula is C16H17F3N2O3. The molecule has 130 valence electrons. The number of imide groups is 1. The monoisotopic (exact) mass is 342 g/mol. The summed E-state index contributed by atoms with van der Waals surface area (Å²) in [6.45, 7) is 0.736. The Labute approximate surface area is 137 Å². The number of carbonyl (C=O) groups is 2. The third-order valence-corrected chi connectivity index (χ3v) is 4.10. The number of para-hydroxylation sites is 1. The van der Waals surface area contributed by atoms with E-state index in [4.69, 9.17) is 0 Å². The summed E-state index contributed by atoms with van der Waals surface area (Å²) < 4.78 is 41.4. The number of carbonyl (C=O) groups excluding carboxylic acids is 2. The fourth-order valence-corrected chi connectivity index (χ4v) is 2.70. The summed E-state index contributed by atoms with van der Waals surface area (Å²) in [7, 11) is 0. The van der Waals surface area contributed by atoms with Crippen molar-refractivity contribution in [3.8, 4) is 5.75 Å². The van der Waals surface area contributed by atoms with Crippen molar-refractivity contribution in [2.45, 2.75) is 32.2 Å². The van der Waals surface area contributed by atoms with Crippen LogP contribution >= 0.6 is 0 Å². The molecule has 0 atom stereocenters. The first-order valence-electron chi connectivity index (χ1n) is 7.76. The molecule has 1 aromatic rings. The summed E-state index contributed by atoms with van der Waals surface area (Å²) in [5.74, 6) is -0.302. The Morgan fingerprint density at radius 2 is 1.88 bits per heavy atom. The third kappa shape index (κ3) is 3.98. The number of nitrogens with zero attached hydrogens (tertiary/aromatic N) is 2. The molecule has 1 heterocycles. The molecule has 0 unspecified atom stereocenters. The molecule has 1 saturated heterocycles. The Morgan fingerprint density at radius 1 is 1.17 bits per heavy atom. The lowest BCUT2D eigenvalue weighted by molar-refractivity contribution is -0.274. The second-order valence-electron chi connectivity index (χ2n) is 6.06. The number of hydrogen-bond acceptors (Lipinski definition) is 3. The third-order valence-electron chi connectivity index (χ3n) is 4.10. The molecule has 1 saturated carbocycles. The van der Waals surface area contributed by atoms with Crippen LogP contribution in [-0.4, -0.2) is 41.2 Å². The Kier molecular flexibility index (Phi) is 4.38. The molecule has 8 heteroatoms. The van der Waals surface area contributed by atoms with Crippen molar-refractivity contribution in [2.24, 2.45) is 5.92 Å². The first kappa shape index (κ1) is 16.6. The van der Waals surface area contributed by atoms with Gasteiger partial charge >= 0.3 is 12.4 Å². The second-order valence-corrected chi connectivity index (χ2v) is 6.06. The maximum atomic E-state index is 12.5. The van der Waals surface area contributed by atoms with Gasteiger partial charge in [-0.05, 0) is 24.8 Å². The van der Waals surface area contributed by atoms with Gasteiger partial charge in [0.15, 0.2) is 0 Å². The van der Waals surface area contributed by atoms with Gasteiger partial charge in [-0.3, -0.25) is 9.69 Å². The SMILES string of the molecule is O=C1CCN(CC2CC2)C(=O)N1Cc1ccccc1OC(F)(F)F. The molecule has 2 fully saturated rings. The lowest BCUT2D eigenvalue weighted by Crippen LogP contribution is -2.52. The maximum Gasteiger partial charge on any atom is 0.573 e. The molecule has 2 aliphatic rings. The molecule has 24 heavy (non-hydrogen) atoms. The molecule has 0 bridgehead atoms. The van der Waals surface area contributed by atoms with Crippen molar-refractivity contribution in [1.82, 2.24) is 9.80 Å². The van der Waals surface area contributed by atoms with Crippen LogP contribution in [0.25, 0.3) is 0 Å². The predicted molar refractivity (Wildman–Crippen MR) is 78.0 cm³/mol. The topological polar surface area (TPSA) is 49.9 Å². The molecule has 5 nitrogen and oxygen atoms in total. The lowest BCUT2D eigenvalue weighted by atomic mass is 10.1. The number of amides is 3. The maximum absolute atomic E-state index is 12.5. The number of rotatable bonds is 5. The van der Waals surface area contributed by atoms with E-state index in [0.717, 1.165) is 17.7 Å². The van der Waals surface area contributed by atoms with E-state index in [1.165, 1.54) is 18.2 Å². The quantitative estimate of drug-likeness (QED) is 0.826. The first-order chi connectivity index (χ1) is 11.3. The Hall–Kier alpha value is -2.25. The number of ether oxygens (including phenoxy) is 1. The molecule has 1 aliphatic carbocycles. The van der Waals surface area contributed by atoms with E-state index < -0.39 is 18.1 Å². The summed E-state index contributed by atoms with van der Waals surface area (Å²) in [6, 6.07) is 5.09. The zero-order valence-corrected chi connectivity index (χ0v) is 12.9. The molecule has 0 aromatic heterocycles. The van der Waals surface area contributed by atoms with Gasteiger partial charge in [0, 0.05) is 25.1 Å². The van der Waals surface area contributed by atoms with Crippen molar-refractivity contribution in [3.05, 3.63) is 29.8 Å². The minimum Gasteiger partial charge on any atom is -0.405 e. The number of urea groups is 1. The normalized spacial score (nSPS) is 19.0. The molecule has 1 aromatic carbocycles. The van der Waals surface area contributed by atoms with E-state index in [0.29, 0.717) is 19.0 Å². The van der Waals surface area contributed by atoms with Crippen molar-refractivity contribution in [2.75, 3.05) is 13.1 Å². The van der Waals surface area contributed by atoms with Crippen LogP contribution in [0.3, 0.4) is 0 Å². The molecule has 0 radical (unpaired) electrons. The minimum atomic E-state index is -4.83. The average Bonchev–Trinajstić information content (AvgIpc) is 3.31. The van der Waals surface area contributed by atoms with Gasteiger partial charge in [-0.1, -0.05) is 18.2 Å². The van der Waals surface area contributed by atoms with E-state index in [9.17, 15) is 22.8 Å². The van der Waals surface area contributed by atoms with Gasteiger partial charge in [-0.15, -0.1) is 13.2 Å². The molecule has 3 rings (SSSR count). The number of benzene rings is 1. The Balaban J connectivity index is 1.76. The van der Waals surface area contributed by atoms with E-state index in [1.54, 1.807) is 11.0 Å². The summed E-state index contributed by atoms with van der Waals surface area (Å²) in [5.41, 5.74) is 0.143. The average molecular weight is 342 g/mol. The van der Waals surface area contributed by atoms with Crippen LogP contribution in [0.5, 0.6) is 5.75 Å². The number of alkyl halides is 3. The highest BCUT2D eigenvalue weighted by atomic mass is 19.4. The molecule has 1 aliphatic heterocycles. The summed E-state index contributed by atoms with van der Waals surface area (Å²) in [5, 5.41) is 0. The van der Waals surface area contributed by atoms with Crippen molar-refractivity contribution >= 4 is 11.9 Å². The van der Waals surface area contributed by atoms with Crippen molar-refractivity contribution < 1.29 is 27.5 Å². The van der Waals surface area contributed by atoms with Crippen LogP contribution in [0.1, 0.15) is 24.8 Å². The van der Waals surface area contributed by atoms with Crippen molar-refractivity contribution in [1.29, 1.82) is 0 Å². The van der Waals surface area contributed by atoms with Gasteiger partial charge in [0.1, 0.15) is 5.75 Å². The molecule has 0 spiro atoms. The fourth-order valence-electron chi connectivity index (χ4n) is 2.70. The van der Waals surface area contributed by atoms with Gasteiger partial charge in [0.2, 0.25) is 5.91 Å². The zero-order chi connectivity index (χ0) is 17.3. The van der Waals surface area contributed by atoms with Gasteiger partial charge < -0.3 is 9.64 Å². The smallest absolute Gasteiger partial charge is 0.405 e. The van der Waals surface area contributed by atoms with E-state index in [1.807, 2.05) is 0 Å². The van der Waals surface area contributed by atoms with Gasteiger partial charge in [-0.2, -0.15) is 0 Å². The van der Waals surface area contributed by atoms with Crippen LogP contribution < -0.4 is 4.74 Å². The van der Waals surface area contributed by atoms with E-state index in [2.05, 4.69) is 4.74 Å². The summed E-state index contributed by atoms with van der Waals surface area (Å²) in [6.07, 6.45) is -2.51. The Morgan fingerprint density at radius 3 is 2.54 bits per heavy atom. The fraction of sp³-hybridized carbons (Fsp3) is 0.500. The largest absolute Gasteiger partial charge is 0.573 e. The van der Waals surface area contributed by atoms with Crippen LogP contribution in [0.2, 0.25) is 0 Å². The highest BCUT2D eigenvalue weighted by Crippen LogP contribution is 2.32. The predicted octanol–water partition coefficient (Wildman–Crippen LogP) is 3.15. The van der Waals surface area contributed by atoms with Gasteiger partial charge in [0.05, 0.1) is 6.54 Å².